The van der Waals surface area contributed by atoms with Crippen LogP contribution in [0.5, 0.6) is 0 Å². The lowest BCUT2D eigenvalue weighted by Crippen LogP contribution is -3.16. The minimum atomic E-state index is -2.30. The molecule has 2 rings (SSSR count). The maximum Gasteiger partial charge on any atom is 0.279 e. The molecule has 10 heteroatoms. The van der Waals surface area contributed by atoms with E-state index in [2.05, 4.69) is 5.32 Å². The summed E-state index contributed by atoms with van der Waals surface area (Å²) in [4.78, 5) is 23.3. The van der Waals surface area contributed by atoms with E-state index in [0.29, 0.717) is 18.0 Å². The van der Waals surface area contributed by atoms with Crippen LogP contribution in [0, 0.1) is 29.1 Å². The standard InChI is InChI=1S/C12H10F5N3O2/c13-7-8(14)10(16)12(11(17)9(7)15)19-6(22)4-20-2-1-18-5(21)3-20/h1-4H2,(H,18,21)(H,19,22)/p+1. The van der Waals surface area contributed by atoms with Gasteiger partial charge in [0, 0.05) is 0 Å². The van der Waals surface area contributed by atoms with Gasteiger partial charge >= 0.3 is 0 Å². The van der Waals surface area contributed by atoms with E-state index in [0.717, 1.165) is 0 Å². The quantitative estimate of drug-likeness (QED) is 0.393. The molecule has 1 aromatic rings. The molecule has 0 radical (unpaired) electrons. The van der Waals surface area contributed by atoms with Gasteiger partial charge in [-0.2, -0.15) is 0 Å². The molecule has 1 atom stereocenters. The Kier molecular flexibility index (Phi) is 4.59. The third kappa shape index (κ3) is 3.16. The lowest BCUT2D eigenvalue weighted by atomic mass is 10.2. The molecule has 1 saturated heterocycles. The second-order valence-corrected chi connectivity index (χ2v) is 4.70. The van der Waals surface area contributed by atoms with E-state index < -0.39 is 40.7 Å². The first-order valence-electron chi connectivity index (χ1n) is 6.22. The second-order valence-electron chi connectivity index (χ2n) is 4.70. The molecule has 0 aliphatic carbocycles. The first kappa shape index (κ1) is 16.1. The van der Waals surface area contributed by atoms with Gasteiger partial charge in [0.25, 0.3) is 11.8 Å². The van der Waals surface area contributed by atoms with Crippen molar-refractivity contribution in [2.24, 2.45) is 0 Å². The Labute approximate surface area is 121 Å². The van der Waals surface area contributed by atoms with E-state index in [9.17, 15) is 31.5 Å². The molecule has 0 bridgehead atoms. The minimum Gasteiger partial charge on any atom is -0.346 e. The molecular weight excluding hydrogens is 313 g/mol. The molecule has 1 heterocycles. The normalized spacial score (nSPS) is 18.0. The van der Waals surface area contributed by atoms with Crippen LogP contribution in [0.4, 0.5) is 27.6 Å². The largest absolute Gasteiger partial charge is 0.346 e. The van der Waals surface area contributed by atoms with Crippen LogP contribution in [0.15, 0.2) is 0 Å². The molecule has 1 unspecified atom stereocenters. The predicted octanol–water partition coefficient (Wildman–Crippen LogP) is -0.665. The highest BCUT2D eigenvalue weighted by Crippen LogP contribution is 2.26. The van der Waals surface area contributed by atoms with Crippen molar-refractivity contribution in [3.8, 4) is 0 Å². The van der Waals surface area contributed by atoms with Crippen molar-refractivity contribution < 1.29 is 36.4 Å². The average Bonchev–Trinajstić information content (AvgIpc) is 2.47. The Morgan fingerprint density at radius 3 is 2.14 bits per heavy atom. The maximum absolute atomic E-state index is 13.4. The molecule has 5 nitrogen and oxygen atoms in total. The molecule has 0 saturated carbocycles. The summed E-state index contributed by atoms with van der Waals surface area (Å²) in [5.41, 5.74) is -1.40. The monoisotopic (exact) mass is 324 g/mol. The summed E-state index contributed by atoms with van der Waals surface area (Å²) in [7, 11) is 0. The molecule has 1 aliphatic rings. The van der Waals surface area contributed by atoms with Crippen LogP contribution in [0.1, 0.15) is 0 Å². The zero-order valence-corrected chi connectivity index (χ0v) is 11.0. The topological polar surface area (TPSA) is 62.6 Å². The van der Waals surface area contributed by atoms with Gasteiger partial charge in [-0.1, -0.05) is 0 Å². The third-order valence-electron chi connectivity index (χ3n) is 3.10. The average molecular weight is 324 g/mol. The summed E-state index contributed by atoms with van der Waals surface area (Å²) in [6.07, 6.45) is 0. The zero-order valence-electron chi connectivity index (χ0n) is 11.0. The van der Waals surface area contributed by atoms with E-state index in [1.807, 2.05) is 0 Å². The fourth-order valence-corrected chi connectivity index (χ4v) is 2.03. The number of piperazine rings is 1. The van der Waals surface area contributed by atoms with Gasteiger partial charge in [-0.15, -0.1) is 0 Å². The Bertz CT molecular complexity index is 609. The van der Waals surface area contributed by atoms with E-state index in [1.165, 1.54) is 0 Å². The minimum absolute atomic E-state index is 0.0233. The van der Waals surface area contributed by atoms with Gasteiger partial charge < -0.3 is 15.5 Å². The molecule has 120 valence electrons. The number of rotatable bonds is 3. The van der Waals surface area contributed by atoms with Crippen LogP contribution in [0.2, 0.25) is 0 Å². The molecule has 1 aliphatic heterocycles. The summed E-state index contributed by atoms with van der Waals surface area (Å²) in [5, 5.41) is 4.18. The predicted molar refractivity (Wildman–Crippen MR) is 63.4 cm³/mol. The number of anilines is 1. The number of halogens is 5. The fourth-order valence-electron chi connectivity index (χ4n) is 2.03. The molecule has 1 fully saturated rings. The summed E-state index contributed by atoms with van der Waals surface area (Å²) in [6, 6.07) is 0. The van der Waals surface area contributed by atoms with E-state index in [4.69, 9.17) is 0 Å². The van der Waals surface area contributed by atoms with Crippen LogP contribution in [-0.2, 0) is 9.59 Å². The summed E-state index contributed by atoms with van der Waals surface area (Å²) in [6.45, 7) is 0.359. The van der Waals surface area contributed by atoms with Crippen LogP contribution < -0.4 is 15.5 Å². The van der Waals surface area contributed by atoms with Crippen molar-refractivity contribution >= 4 is 17.5 Å². The highest BCUT2D eigenvalue weighted by Gasteiger charge is 2.28. The number of benzene rings is 1. The number of hydrogen-bond acceptors (Lipinski definition) is 2. The Balaban J connectivity index is 2.13. The lowest BCUT2D eigenvalue weighted by Gasteiger charge is -2.23. The van der Waals surface area contributed by atoms with Crippen LogP contribution in [0.25, 0.3) is 0 Å². The maximum atomic E-state index is 13.4. The molecular formula is C12H11F5N3O2+. The van der Waals surface area contributed by atoms with Gasteiger partial charge in [-0.25, -0.2) is 22.0 Å². The van der Waals surface area contributed by atoms with E-state index in [1.54, 1.807) is 5.32 Å². The first-order chi connectivity index (χ1) is 10.3. The Morgan fingerprint density at radius 2 is 1.59 bits per heavy atom. The van der Waals surface area contributed by atoms with Crippen molar-refractivity contribution in [3.05, 3.63) is 29.1 Å². The Morgan fingerprint density at radius 1 is 1.05 bits per heavy atom. The number of quaternary nitrogens is 1. The lowest BCUT2D eigenvalue weighted by molar-refractivity contribution is -0.885. The number of amides is 2. The number of carbonyl (C=O) groups excluding carboxylic acids is 2. The molecule has 0 aromatic heterocycles. The zero-order chi connectivity index (χ0) is 16.4. The van der Waals surface area contributed by atoms with Crippen LogP contribution in [0.3, 0.4) is 0 Å². The van der Waals surface area contributed by atoms with Gasteiger partial charge in [-0.3, -0.25) is 9.59 Å². The van der Waals surface area contributed by atoms with Gasteiger partial charge in [0.15, 0.2) is 36.4 Å². The van der Waals surface area contributed by atoms with Crippen LogP contribution in [-0.4, -0.2) is 38.0 Å². The van der Waals surface area contributed by atoms with Gasteiger partial charge in [-0.05, 0) is 0 Å². The molecule has 1 aromatic carbocycles. The van der Waals surface area contributed by atoms with E-state index >= 15 is 0 Å². The third-order valence-corrected chi connectivity index (χ3v) is 3.10. The van der Waals surface area contributed by atoms with E-state index in [-0.39, 0.29) is 19.0 Å². The van der Waals surface area contributed by atoms with Crippen molar-refractivity contribution in [2.75, 3.05) is 31.5 Å². The van der Waals surface area contributed by atoms with Gasteiger partial charge in [0.2, 0.25) is 5.82 Å². The smallest absolute Gasteiger partial charge is 0.279 e. The summed E-state index contributed by atoms with van der Waals surface area (Å²) < 4.78 is 65.6. The highest BCUT2D eigenvalue weighted by molar-refractivity contribution is 5.92. The number of hydrogen-bond donors (Lipinski definition) is 3. The van der Waals surface area contributed by atoms with Gasteiger partial charge in [0.1, 0.15) is 5.69 Å². The Hall–Kier alpha value is -2.23. The molecule has 22 heavy (non-hydrogen) atoms. The SMILES string of the molecule is O=C1C[NH+](CC(=O)Nc2c(F)c(F)c(F)c(F)c2F)CCN1. The van der Waals surface area contributed by atoms with Crippen LogP contribution >= 0.6 is 0 Å². The van der Waals surface area contributed by atoms with Crippen molar-refractivity contribution in [1.29, 1.82) is 0 Å². The fraction of sp³-hybridized carbons (Fsp3) is 0.333. The molecule has 2 amide bonds. The van der Waals surface area contributed by atoms with Crippen molar-refractivity contribution in [1.82, 2.24) is 5.32 Å². The molecule has 3 N–H and O–H groups in total. The number of carbonyl (C=O) groups is 2. The second kappa shape index (κ2) is 6.26. The summed E-state index contributed by atoms with van der Waals surface area (Å²) >= 11 is 0. The summed E-state index contributed by atoms with van der Waals surface area (Å²) in [5.74, 6) is -12.1. The number of nitrogens with one attached hydrogen (secondary N) is 3. The highest BCUT2D eigenvalue weighted by atomic mass is 19.2. The van der Waals surface area contributed by atoms with Crippen molar-refractivity contribution in [2.45, 2.75) is 0 Å². The van der Waals surface area contributed by atoms with Gasteiger partial charge in [0.05, 0.1) is 13.1 Å². The first-order valence-corrected chi connectivity index (χ1v) is 6.22. The molecule has 0 spiro atoms. The van der Waals surface area contributed by atoms with Crippen molar-refractivity contribution in [3.63, 3.8) is 0 Å².